The SMILES string of the molecule is CCC(C)C(=O)OCCN(CCCNC(=O)[S-])C(=S)[S-].CCC(C)C(=O)OCCSC(=S)N(CC)CC.CCC(C)c1ccccc1.CCC(C)c1cccnc1.CCN(CCCNC(=S)[S-])C(=S)[S-].CCSC(=S)N(CC)CC.[Na+].[Na+].[Na+].[Na+]. The normalized spacial score (nSPS) is 10.8. The van der Waals surface area contributed by atoms with Crippen LogP contribution < -0.4 is 129 Å². The van der Waals surface area contributed by atoms with Crippen molar-refractivity contribution in [2.75, 3.05) is 90.2 Å². The van der Waals surface area contributed by atoms with Gasteiger partial charge in [-0.3, -0.25) is 14.6 Å². The van der Waals surface area contributed by atoms with Gasteiger partial charge in [0, 0.05) is 77.0 Å². The van der Waals surface area contributed by atoms with Crippen molar-refractivity contribution in [1.29, 1.82) is 0 Å². The van der Waals surface area contributed by atoms with Crippen LogP contribution in [0.5, 0.6) is 0 Å². The third kappa shape index (κ3) is 60.1. The number of thioether (sulfide) groups is 2. The summed E-state index contributed by atoms with van der Waals surface area (Å²) in [5, 5.41) is 4.96. The van der Waals surface area contributed by atoms with E-state index >= 15 is 0 Å². The van der Waals surface area contributed by atoms with E-state index in [9.17, 15) is 14.4 Å². The number of nitrogens with zero attached hydrogens (tertiary/aromatic N) is 5. The Balaban J connectivity index is -0.000000139. The first-order valence-corrected chi connectivity index (χ1v) is 33.5. The van der Waals surface area contributed by atoms with Gasteiger partial charge in [0.05, 0.1) is 23.6 Å². The van der Waals surface area contributed by atoms with Crippen LogP contribution in [0.15, 0.2) is 54.9 Å². The van der Waals surface area contributed by atoms with E-state index in [1.807, 2.05) is 58.0 Å². The molecule has 0 saturated carbocycles. The van der Waals surface area contributed by atoms with E-state index in [0.717, 1.165) is 85.2 Å². The van der Waals surface area contributed by atoms with Gasteiger partial charge in [-0.15, -0.1) is 0 Å². The first-order valence-electron chi connectivity index (χ1n) is 27.9. The van der Waals surface area contributed by atoms with Gasteiger partial charge in [0.15, 0.2) is 0 Å². The third-order valence-electron chi connectivity index (χ3n) is 12.0. The molecule has 12 nitrogen and oxygen atoms in total. The quantitative estimate of drug-likeness (QED) is 0.0420. The van der Waals surface area contributed by atoms with Crippen molar-refractivity contribution >= 4 is 174 Å². The molecule has 2 rings (SSSR count). The second-order valence-electron chi connectivity index (χ2n) is 17.7. The van der Waals surface area contributed by atoms with Crippen molar-refractivity contribution < 1.29 is 142 Å². The zero-order valence-corrected chi connectivity index (χ0v) is 71.4. The maximum absolute atomic E-state index is 11.5. The van der Waals surface area contributed by atoms with E-state index in [2.05, 4.69) is 137 Å². The monoisotopic (exact) mass is 1400 g/mol. The van der Waals surface area contributed by atoms with Gasteiger partial charge in [-0.1, -0.05) is 160 Å². The molecule has 4 atom stereocenters. The smallest absolute Gasteiger partial charge is 0.719 e. The number of nitrogens with one attached hydrogen (secondary N) is 2. The molecule has 2 aromatic rings. The summed E-state index contributed by atoms with van der Waals surface area (Å²) in [4.78, 5) is 45.6. The number of benzene rings is 1. The number of amides is 1. The fraction of sp³-hybridized carbons (Fsp3) is 0.667. The largest absolute Gasteiger partial charge is 1.00 e. The summed E-state index contributed by atoms with van der Waals surface area (Å²) < 4.78 is 13.5. The van der Waals surface area contributed by atoms with Crippen molar-refractivity contribution in [3.05, 3.63) is 66.0 Å². The van der Waals surface area contributed by atoms with E-state index in [1.165, 1.54) is 24.0 Å². The van der Waals surface area contributed by atoms with Crippen LogP contribution in [0, 0.1) is 11.8 Å². The molecule has 27 heteroatoms. The summed E-state index contributed by atoms with van der Waals surface area (Å²) in [5.41, 5.74) is 2.79. The molecule has 1 aromatic heterocycles. The van der Waals surface area contributed by atoms with Crippen LogP contribution in [0.2, 0.25) is 0 Å². The Bertz CT molecular complexity index is 1900. The van der Waals surface area contributed by atoms with Gasteiger partial charge in [-0.25, -0.2) is 0 Å². The van der Waals surface area contributed by atoms with Crippen LogP contribution in [-0.2, 0) is 69.6 Å². The number of carbonyl (C=O) groups is 3. The molecule has 0 fully saturated rings. The van der Waals surface area contributed by atoms with Crippen LogP contribution in [-0.4, -0.2) is 154 Å². The van der Waals surface area contributed by atoms with E-state index in [4.69, 9.17) is 108 Å². The first kappa shape index (κ1) is 102. The molecule has 0 bridgehead atoms. The molecular weight excluding hydrogens is 1310 g/mol. The maximum Gasteiger partial charge on any atom is 1.00 e. The van der Waals surface area contributed by atoms with Gasteiger partial charge in [-0.2, -0.15) is 0 Å². The standard InChI is InChI=1S/C12H22N2O3S3.C12H23NO2S2.C10H14.C9H13N.C7H14N2S4.C7H15NS2.4Na/c1-3-9(2)10(15)17-8-7-14(12(19)20)6-4-5-13-11(16)18;1-5-10(4)11(14)15-8-9-17-12(16)13(6-2)7-3;1-3-9(2)10-7-5-4-6-8-10;1-3-8(2)9-5-4-6-10-7-9;1-2-9(7(12)13)5-3-4-8-6(10)11;1-4-8(5-2)7(9)10-6-3;;;;/h9H,3-8H2,1-2H3,(H,19,20)(H2,13,16,18);10H,5-9H2,1-4H3;4-9H,3H2,1-2H3;4-8H,3H2,1-2H3;2-5H2,1H3,(H,12,13)(H2,8,10,11);4-6H2,1-3H3;;;;/q;;;;;;4*+1/p-4. The second kappa shape index (κ2) is 70.7. The number of aromatic nitrogens is 1. The average Bonchev–Trinajstić information content (AvgIpc) is 3.45. The van der Waals surface area contributed by atoms with E-state index in [0.29, 0.717) is 57.5 Å². The second-order valence-corrected chi connectivity index (χ2v) is 24.8. The molecule has 0 radical (unpaired) electrons. The van der Waals surface area contributed by atoms with Crippen molar-refractivity contribution in [2.24, 2.45) is 11.8 Å². The number of rotatable bonds is 28. The van der Waals surface area contributed by atoms with E-state index < -0.39 is 5.24 Å². The zero-order valence-electron chi connectivity index (χ0n) is 54.4. The maximum atomic E-state index is 11.5. The molecule has 0 saturated heterocycles. The number of hydrogen-bond donors (Lipinski definition) is 2. The molecule has 0 spiro atoms. The van der Waals surface area contributed by atoms with Gasteiger partial charge in [0.1, 0.15) is 21.9 Å². The van der Waals surface area contributed by atoms with Crippen LogP contribution in [0.25, 0.3) is 0 Å². The van der Waals surface area contributed by atoms with Crippen molar-refractivity contribution in [3.63, 3.8) is 0 Å². The Morgan fingerprint density at radius 2 is 0.952 bits per heavy atom. The molecule has 0 aliphatic rings. The van der Waals surface area contributed by atoms with Crippen molar-refractivity contribution in [3.8, 4) is 0 Å². The van der Waals surface area contributed by atoms with Gasteiger partial charge in [-0.05, 0) is 108 Å². The number of thiocarbonyl (C=S) groups is 5. The Labute approximate surface area is 657 Å². The minimum atomic E-state index is -0.472. The van der Waals surface area contributed by atoms with Crippen LogP contribution in [0.3, 0.4) is 0 Å². The van der Waals surface area contributed by atoms with Gasteiger partial charge in [0.25, 0.3) is 0 Å². The fourth-order valence-electron chi connectivity index (χ4n) is 5.93. The van der Waals surface area contributed by atoms with Crippen LogP contribution in [0.1, 0.15) is 158 Å². The third-order valence-corrected chi connectivity index (χ3v) is 16.4. The molecule has 460 valence electrons. The van der Waals surface area contributed by atoms with E-state index in [-0.39, 0.29) is 149 Å². The summed E-state index contributed by atoms with van der Waals surface area (Å²) in [6, 6.07) is 14.7. The van der Waals surface area contributed by atoms with Gasteiger partial charge in [0.2, 0.25) is 0 Å². The van der Waals surface area contributed by atoms with E-state index in [1.54, 1.807) is 28.4 Å². The topological polar surface area (TPSA) is 120 Å². The summed E-state index contributed by atoms with van der Waals surface area (Å²) in [5.74, 6) is 2.75. The molecule has 1 amide bonds. The number of pyridine rings is 1. The first-order chi connectivity index (χ1) is 38.0. The summed E-state index contributed by atoms with van der Waals surface area (Å²) in [6.45, 7) is 37.8. The van der Waals surface area contributed by atoms with Crippen LogP contribution >= 0.6 is 84.6 Å². The Hall–Kier alpha value is 1.81. The minimum absolute atomic E-state index is 0. The number of esters is 2. The Morgan fingerprint density at radius 1 is 0.536 bits per heavy atom. The molecule has 84 heavy (non-hydrogen) atoms. The zero-order chi connectivity index (χ0) is 61.8. The van der Waals surface area contributed by atoms with Crippen molar-refractivity contribution in [1.82, 2.24) is 35.2 Å². The van der Waals surface area contributed by atoms with Gasteiger partial charge < -0.3 is 132 Å². The van der Waals surface area contributed by atoms with Crippen LogP contribution in [0.4, 0.5) is 4.79 Å². The Kier molecular flexibility index (Phi) is 85.8. The Morgan fingerprint density at radius 3 is 1.33 bits per heavy atom. The predicted molar refractivity (Wildman–Crippen MR) is 377 cm³/mol. The van der Waals surface area contributed by atoms with Gasteiger partial charge >= 0.3 is 130 Å². The summed E-state index contributed by atoms with van der Waals surface area (Å²) in [6.07, 6.45) is 9.36. The molecular formula is C57H97N7Na4O5S11. The average molecular weight is 1410 g/mol. The van der Waals surface area contributed by atoms with Crippen molar-refractivity contribution in [2.45, 2.75) is 147 Å². The minimum Gasteiger partial charge on any atom is -0.719 e. The predicted octanol–water partition coefficient (Wildman–Crippen LogP) is 1.42. The molecule has 2 N–H and O–H groups in total. The molecule has 4 unspecified atom stereocenters. The fourth-order valence-corrected chi connectivity index (χ4v) is 9.63. The summed E-state index contributed by atoms with van der Waals surface area (Å²) >= 11 is 47.2. The number of carbonyl (C=O) groups excluding carboxylic acids is 3. The number of ether oxygens (including phenoxy) is 2. The number of hydrogen-bond acceptors (Lipinski definition) is 17. The molecule has 0 aliphatic carbocycles. The molecule has 0 aliphatic heterocycles. The molecule has 1 heterocycles. The summed E-state index contributed by atoms with van der Waals surface area (Å²) in [7, 11) is 0. The molecule has 1 aromatic carbocycles.